The second-order valence-electron chi connectivity index (χ2n) is 3.80. The number of halogens is 1. The van der Waals surface area contributed by atoms with E-state index < -0.39 is 0 Å². The van der Waals surface area contributed by atoms with Crippen LogP contribution in [0.25, 0.3) is 0 Å². The molecule has 0 saturated heterocycles. The summed E-state index contributed by atoms with van der Waals surface area (Å²) in [7, 11) is 0. The van der Waals surface area contributed by atoms with Crippen LogP contribution in [0.15, 0.2) is 12.1 Å². The molecule has 2 aromatic heterocycles. The van der Waals surface area contributed by atoms with E-state index in [0.717, 1.165) is 19.8 Å². The van der Waals surface area contributed by atoms with Crippen LogP contribution in [0.5, 0.6) is 0 Å². The van der Waals surface area contributed by atoms with E-state index in [1.165, 1.54) is 22.9 Å². The number of aromatic nitrogens is 2. The lowest BCUT2D eigenvalue weighted by molar-refractivity contribution is 0.775. The van der Waals surface area contributed by atoms with Crippen molar-refractivity contribution in [3.05, 3.63) is 31.9 Å². The second kappa shape index (κ2) is 4.79. The first kappa shape index (κ1) is 12.0. The summed E-state index contributed by atoms with van der Waals surface area (Å²) in [6, 6.07) is 3.67. The molecule has 1 atom stereocenters. The zero-order valence-electron chi connectivity index (χ0n) is 8.98. The highest BCUT2D eigenvalue weighted by molar-refractivity contribution is 7.16. The van der Waals surface area contributed by atoms with Gasteiger partial charge in [0.2, 0.25) is 0 Å². The Hall–Kier alpha value is -0.490. The van der Waals surface area contributed by atoms with E-state index in [9.17, 15) is 0 Å². The molecule has 2 rings (SSSR count). The van der Waals surface area contributed by atoms with Crippen molar-refractivity contribution >= 4 is 34.5 Å². The molecule has 0 aliphatic carbocycles. The fraction of sp³-hybridized carbons (Fsp3) is 0.400. The molecule has 16 heavy (non-hydrogen) atoms. The van der Waals surface area contributed by atoms with Gasteiger partial charge < -0.3 is 5.73 Å². The highest BCUT2D eigenvalue weighted by Crippen LogP contribution is 2.33. The third-order valence-corrected chi connectivity index (χ3v) is 4.41. The summed E-state index contributed by atoms with van der Waals surface area (Å²) in [4.78, 5) is 2.09. The summed E-state index contributed by atoms with van der Waals surface area (Å²) in [5, 5.41) is 4.13. The summed E-state index contributed by atoms with van der Waals surface area (Å²) >= 11 is 8.78. The third-order valence-electron chi connectivity index (χ3n) is 2.27. The van der Waals surface area contributed by atoms with Gasteiger partial charge in [-0.1, -0.05) is 29.9 Å². The summed E-state index contributed by atoms with van der Waals surface area (Å²) in [5.74, 6) is 0.343. The molecule has 1 unspecified atom stereocenters. The largest absolute Gasteiger partial charge is 0.319 e. The summed E-state index contributed by atoms with van der Waals surface area (Å²) in [6.07, 6.45) is 0. The van der Waals surface area contributed by atoms with Crippen LogP contribution in [0.1, 0.15) is 41.3 Å². The van der Waals surface area contributed by atoms with Crippen LogP contribution in [0.3, 0.4) is 0 Å². The molecule has 0 aliphatic heterocycles. The van der Waals surface area contributed by atoms with E-state index in [-0.39, 0.29) is 6.04 Å². The highest BCUT2D eigenvalue weighted by Gasteiger charge is 2.20. The van der Waals surface area contributed by atoms with Crippen molar-refractivity contribution in [1.82, 2.24) is 9.59 Å². The van der Waals surface area contributed by atoms with Gasteiger partial charge in [0.15, 0.2) is 0 Å². The molecule has 0 aliphatic rings. The van der Waals surface area contributed by atoms with Gasteiger partial charge in [-0.15, -0.1) is 16.4 Å². The van der Waals surface area contributed by atoms with E-state index in [1.54, 1.807) is 0 Å². The topological polar surface area (TPSA) is 51.8 Å². The lowest BCUT2D eigenvalue weighted by Crippen LogP contribution is -2.11. The van der Waals surface area contributed by atoms with E-state index in [1.807, 2.05) is 12.1 Å². The van der Waals surface area contributed by atoms with E-state index >= 15 is 0 Å². The van der Waals surface area contributed by atoms with Crippen molar-refractivity contribution in [3.8, 4) is 0 Å². The van der Waals surface area contributed by atoms with Gasteiger partial charge in [0.25, 0.3) is 0 Å². The SMILES string of the molecule is CC(C)c1nnsc1C(N)c1ccc(Cl)s1. The molecule has 2 heterocycles. The Bertz CT molecular complexity index is 478. The third kappa shape index (κ3) is 2.27. The maximum atomic E-state index is 6.19. The van der Waals surface area contributed by atoms with Crippen molar-refractivity contribution in [3.63, 3.8) is 0 Å². The molecular formula is C10H12ClN3S2. The maximum Gasteiger partial charge on any atom is 0.0931 e. The summed E-state index contributed by atoms with van der Waals surface area (Å²) in [5.41, 5.74) is 7.18. The molecule has 0 spiro atoms. The predicted octanol–water partition coefficient (Wildman–Crippen LogP) is 3.42. The van der Waals surface area contributed by atoms with Crippen molar-refractivity contribution < 1.29 is 0 Å². The number of thiophene rings is 1. The fourth-order valence-electron chi connectivity index (χ4n) is 1.45. The number of hydrogen-bond donors (Lipinski definition) is 1. The van der Waals surface area contributed by atoms with E-state index in [2.05, 4.69) is 23.4 Å². The van der Waals surface area contributed by atoms with Crippen molar-refractivity contribution in [2.24, 2.45) is 5.73 Å². The van der Waals surface area contributed by atoms with Crippen LogP contribution in [0.4, 0.5) is 0 Å². The number of nitrogens with two attached hydrogens (primary N) is 1. The lowest BCUT2D eigenvalue weighted by atomic mass is 10.1. The first-order valence-corrected chi connectivity index (χ1v) is 6.89. The molecule has 0 fully saturated rings. The van der Waals surface area contributed by atoms with Crippen LogP contribution in [0.2, 0.25) is 4.34 Å². The quantitative estimate of drug-likeness (QED) is 0.932. The van der Waals surface area contributed by atoms with Crippen LogP contribution in [-0.2, 0) is 0 Å². The van der Waals surface area contributed by atoms with Gasteiger partial charge in [0.1, 0.15) is 0 Å². The minimum absolute atomic E-state index is 0.158. The molecule has 0 bridgehead atoms. The van der Waals surface area contributed by atoms with E-state index in [0.29, 0.717) is 5.92 Å². The summed E-state index contributed by atoms with van der Waals surface area (Å²) in [6.45, 7) is 4.18. The number of rotatable bonds is 3. The Morgan fingerprint density at radius 1 is 1.38 bits per heavy atom. The van der Waals surface area contributed by atoms with Gasteiger partial charge in [0, 0.05) is 4.88 Å². The van der Waals surface area contributed by atoms with Gasteiger partial charge in [0.05, 0.1) is 20.9 Å². The van der Waals surface area contributed by atoms with Gasteiger partial charge in [-0.05, 0) is 29.6 Å². The lowest BCUT2D eigenvalue weighted by Gasteiger charge is -2.10. The van der Waals surface area contributed by atoms with Crippen LogP contribution in [-0.4, -0.2) is 9.59 Å². The first-order valence-electron chi connectivity index (χ1n) is 4.92. The van der Waals surface area contributed by atoms with Gasteiger partial charge in [-0.3, -0.25) is 0 Å². The van der Waals surface area contributed by atoms with Gasteiger partial charge in [-0.2, -0.15) is 0 Å². The average molecular weight is 274 g/mol. The Morgan fingerprint density at radius 3 is 2.69 bits per heavy atom. The smallest absolute Gasteiger partial charge is 0.0931 e. The minimum atomic E-state index is -0.158. The second-order valence-corrected chi connectivity index (χ2v) is 6.33. The van der Waals surface area contributed by atoms with Gasteiger partial charge >= 0.3 is 0 Å². The Labute approximate surface area is 107 Å². The van der Waals surface area contributed by atoms with Crippen molar-refractivity contribution in [2.45, 2.75) is 25.8 Å². The number of nitrogens with zero attached hydrogens (tertiary/aromatic N) is 2. The molecule has 0 saturated carbocycles. The first-order chi connectivity index (χ1) is 7.59. The number of hydrogen-bond acceptors (Lipinski definition) is 5. The Morgan fingerprint density at radius 2 is 2.12 bits per heavy atom. The molecule has 0 amide bonds. The van der Waals surface area contributed by atoms with Crippen molar-refractivity contribution in [2.75, 3.05) is 0 Å². The summed E-state index contributed by atoms with van der Waals surface area (Å²) < 4.78 is 4.74. The van der Waals surface area contributed by atoms with Gasteiger partial charge in [-0.25, -0.2) is 0 Å². The Balaban J connectivity index is 2.33. The monoisotopic (exact) mass is 273 g/mol. The molecule has 6 heteroatoms. The minimum Gasteiger partial charge on any atom is -0.319 e. The molecular weight excluding hydrogens is 262 g/mol. The molecule has 86 valence electrons. The maximum absolute atomic E-state index is 6.19. The molecule has 0 aromatic carbocycles. The highest BCUT2D eigenvalue weighted by atomic mass is 35.5. The van der Waals surface area contributed by atoms with Crippen LogP contribution >= 0.6 is 34.5 Å². The zero-order chi connectivity index (χ0) is 11.7. The normalized spacial score (nSPS) is 13.3. The molecule has 2 N–H and O–H groups in total. The van der Waals surface area contributed by atoms with Crippen LogP contribution < -0.4 is 5.73 Å². The zero-order valence-corrected chi connectivity index (χ0v) is 11.4. The average Bonchev–Trinajstić information content (AvgIpc) is 2.84. The van der Waals surface area contributed by atoms with Crippen LogP contribution in [0, 0.1) is 0 Å². The molecule has 3 nitrogen and oxygen atoms in total. The standard InChI is InChI=1S/C10H12ClN3S2/c1-5(2)9-10(16-14-13-9)8(12)6-3-4-7(11)15-6/h3-5,8H,12H2,1-2H3. The van der Waals surface area contributed by atoms with Crippen molar-refractivity contribution in [1.29, 1.82) is 0 Å². The Kier molecular flexibility index (Phi) is 3.59. The fourth-order valence-corrected chi connectivity index (χ4v) is 3.42. The predicted molar refractivity (Wildman–Crippen MR) is 69.4 cm³/mol. The molecule has 0 radical (unpaired) electrons. The van der Waals surface area contributed by atoms with E-state index in [4.69, 9.17) is 17.3 Å². The molecule has 2 aromatic rings.